The quantitative estimate of drug-likeness (QED) is 0.711. The van der Waals surface area contributed by atoms with Crippen molar-refractivity contribution in [2.45, 2.75) is 31.5 Å². The van der Waals surface area contributed by atoms with E-state index in [-0.39, 0.29) is 18.1 Å². The highest BCUT2D eigenvalue weighted by Crippen LogP contribution is 2.51. The van der Waals surface area contributed by atoms with Crippen molar-refractivity contribution in [3.63, 3.8) is 0 Å². The van der Waals surface area contributed by atoms with E-state index in [9.17, 15) is 4.79 Å². The van der Waals surface area contributed by atoms with Crippen LogP contribution < -0.4 is 11.1 Å². The summed E-state index contributed by atoms with van der Waals surface area (Å²) in [5.41, 5.74) is 11.3. The van der Waals surface area contributed by atoms with Crippen LogP contribution in [0.1, 0.15) is 45.8 Å². The van der Waals surface area contributed by atoms with Gasteiger partial charge in [0.15, 0.2) is 0 Å². The lowest BCUT2D eigenvalue weighted by Crippen LogP contribution is -2.32. The van der Waals surface area contributed by atoms with Crippen molar-refractivity contribution in [1.82, 2.24) is 20.2 Å². The standard InChI is InChI=1S/C24H21N5O/c1-13-5-4-8-19(27-13)21-22(29-15-10-9-14(11-15)24(29)28-21)17-12-26-18-7-3-2-6-16(18)20(17)23(25)30/h2-10,12,15,21-22,28H,11H2,1H3,(H2,25,30). The Hall–Kier alpha value is -3.67. The molecule has 1 saturated heterocycles. The number of para-hydroxylation sites is 1. The van der Waals surface area contributed by atoms with Crippen LogP contribution in [0.4, 0.5) is 0 Å². The molecule has 0 radical (unpaired) electrons. The van der Waals surface area contributed by atoms with E-state index in [1.165, 1.54) is 5.57 Å². The van der Waals surface area contributed by atoms with Crippen LogP contribution in [0.25, 0.3) is 10.9 Å². The molecule has 2 aliphatic heterocycles. The van der Waals surface area contributed by atoms with Gasteiger partial charge in [0, 0.05) is 22.8 Å². The number of amides is 1. The van der Waals surface area contributed by atoms with Crippen molar-refractivity contribution in [2.75, 3.05) is 0 Å². The molecule has 3 aromatic rings. The number of primary amides is 1. The normalized spacial score (nSPS) is 23.9. The average molecular weight is 395 g/mol. The van der Waals surface area contributed by atoms with Crippen LogP contribution in [0.2, 0.25) is 0 Å². The predicted molar refractivity (Wildman–Crippen MR) is 114 cm³/mol. The van der Waals surface area contributed by atoms with Crippen molar-refractivity contribution < 1.29 is 4.79 Å². The number of pyridine rings is 2. The van der Waals surface area contributed by atoms with E-state index in [4.69, 9.17) is 10.7 Å². The summed E-state index contributed by atoms with van der Waals surface area (Å²) in [4.78, 5) is 24.5. The number of aromatic nitrogens is 2. The Kier molecular flexibility index (Phi) is 3.53. The minimum absolute atomic E-state index is 0.0985. The van der Waals surface area contributed by atoms with Gasteiger partial charge >= 0.3 is 0 Å². The number of nitrogens with one attached hydrogen (secondary N) is 1. The summed E-state index contributed by atoms with van der Waals surface area (Å²) in [5.74, 6) is 0.699. The highest BCUT2D eigenvalue weighted by atomic mass is 16.1. The minimum Gasteiger partial charge on any atom is -0.366 e. The third kappa shape index (κ3) is 2.33. The molecule has 4 heterocycles. The molecule has 6 nitrogen and oxygen atoms in total. The number of benzene rings is 1. The van der Waals surface area contributed by atoms with Crippen molar-refractivity contribution in [3.05, 3.63) is 94.7 Å². The first-order valence-electron chi connectivity index (χ1n) is 10.2. The zero-order chi connectivity index (χ0) is 20.4. The Balaban J connectivity index is 1.59. The summed E-state index contributed by atoms with van der Waals surface area (Å²) in [6.07, 6.45) is 7.23. The Morgan fingerprint density at radius 1 is 1.20 bits per heavy atom. The lowest BCUT2D eigenvalue weighted by molar-refractivity contribution is 0.0998. The maximum atomic E-state index is 12.7. The molecule has 3 N–H and O–H groups in total. The Bertz CT molecular complexity index is 1280. The Labute approximate surface area is 174 Å². The maximum Gasteiger partial charge on any atom is 0.249 e. The molecule has 2 bridgehead atoms. The third-order valence-corrected chi connectivity index (χ3v) is 6.37. The predicted octanol–water partition coefficient (Wildman–Crippen LogP) is 3.28. The van der Waals surface area contributed by atoms with E-state index in [1.54, 1.807) is 0 Å². The molecular formula is C24H21N5O. The molecule has 0 saturated carbocycles. The van der Waals surface area contributed by atoms with E-state index in [0.717, 1.165) is 40.1 Å². The van der Waals surface area contributed by atoms with Crippen LogP contribution in [-0.4, -0.2) is 26.8 Å². The Morgan fingerprint density at radius 3 is 2.90 bits per heavy atom. The smallest absolute Gasteiger partial charge is 0.249 e. The summed E-state index contributed by atoms with van der Waals surface area (Å²) in [5, 5.41) is 4.49. The number of carbonyl (C=O) groups excluding carboxylic acids is 1. The Morgan fingerprint density at radius 2 is 2.07 bits per heavy atom. The van der Waals surface area contributed by atoms with Crippen LogP contribution in [0.5, 0.6) is 0 Å². The van der Waals surface area contributed by atoms with Gasteiger partial charge in [-0.2, -0.15) is 0 Å². The lowest BCUT2D eigenvalue weighted by Gasteiger charge is -2.32. The molecule has 1 aliphatic carbocycles. The minimum atomic E-state index is -0.430. The van der Waals surface area contributed by atoms with Gasteiger partial charge in [0.05, 0.1) is 34.9 Å². The van der Waals surface area contributed by atoms with Gasteiger partial charge in [0.1, 0.15) is 5.82 Å². The molecule has 1 fully saturated rings. The molecule has 2 aromatic heterocycles. The number of nitrogens with two attached hydrogens (primary N) is 1. The number of rotatable bonds is 3. The van der Waals surface area contributed by atoms with Crippen LogP contribution >= 0.6 is 0 Å². The van der Waals surface area contributed by atoms with Crippen LogP contribution in [0, 0.1) is 6.92 Å². The summed E-state index contributed by atoms with van der Waals surface area (Å²) in [6.45, 7) is 1.99. The van der Waals surface area contributed by atoms with Crippen LogP contribution in [0.15, 0.2) is 72.2 Å². The van der Waals surface area contributed by atoms with E-state index in [0.29, 0.717) is 5.56 Å². The molecule has 1 amide bonds. The zero-order valence-electron chi connectivity index (χ0n) is 16.5. The van der Waals surface area contributed by atoms with Gasteiger partial charge in [-0.1, -0.05) is 36.4 Å². The van der Waals surface area contributed by atoms with Gasteiger partial charge in [-0.25, -0.2) is 0 Å². The van der Waals surface area contributed by atoms with Crippen LogP contribution in [-0.2, 0) is 0 Å². The van der Waals surface area contributed by atoms with Gasteiger partial charge < -0.3 is 16.0 Å². The van der Waals surface area contributed by atoms with Gasteiger partial charge in [-0.3, -0.25) is 14.8 Å². The first kappa shape index (κ1) is 17.2. The molecule has 3 aliphatic rings. The number of aryl methyl sites for hydroxylation is 1. The second-order valence-electron chi connectivity index (χ2n) is 8.15. The lowest BCUT2D eigenvalue weighted by atomic mass is 9.91. The molecule has 1 aromatic carbocycles. The number of nitrogens with zero attached hydrogens (tertiary/aromatic N) is 3. The molecular weight excluding hydrogens is 374 g/mol. The molecule has 3 unspecified atom stereocenters. The molecule has 30 heavy (non-hydrogen) atoms. The summed E-state index contributed by atoms with van der Waals surface area (Å²) in [7, 11) is 0. The summed E-state index contributed by atoms with van der Waals surface area (Å²) < 4.78 is 0. The molecule has 3 atom stereocenters. The van der Waals surface area contributed by atoms with Gasteiger partial charge in [0.2, 0.25) is 5.91 Å². The fraction of sp³-hybridized carbons (Fsp3) is 0.208. The van der Waals surface area contributed by atoms with E-state index >= 15 is 0 Å². The largest absolute Gasteiger partial charge is 0.366 e. The first-order chi connectivity index (χ1) is 14.6. The summed E-state index contributed by atoms with van der Waals surface area (Å²) >= 11 is 0. The SMILES string of the molecule is Cc1cccc(C2NC3=C4C=CC(C4)N3C2c2cnc3ccccc3c2C(N)=O)n1. The van der Waals surface area contributed by atoms with E-state index < -0.39 is 5.91 Å². The van der Waals surface area contributed by atoms with Gasteiger partial charge in [0.25, 0.3) is 0 Å². The average Bonchev–Trinajstić information content (AvgIpc) is 3.45. The van der Waals surface area contributed by atoms with Crippen molar-refractivity contribution in [2.24, 2.45) is 5.73 Å². The second-order valence-corrected chi connectivity index (χ2v) is 8.15. The maximum absolute atomic E-state index is 12.7. The zero-order valence-corrected chi connectivity index (χ0v) is 16.5. The highest BCUT2D eigenvalue weighted by molar-refractivity contribution is 6.06. The van der Waals surface area contributed by atoms with Crippen molar-refractivity contribution in [3.8, 4) is 0 Å². The molecule has 6 rings (SSSR count). The van der Waals surface area contributed by atoms with Gasteiger partial charge in [-0.15, -0.1) is 0 Å². The molecule has 0 spiro atoms. The summed E-state index contributed by atoms with van der Waals surface area (Å²) in [6, 6.07) is 13.8. The number of hydrogen-bond donors (Lipinski definition) is 2. The van der Waals surface area contributed by atoms with E-state index in [1.807, 2.05) is 55.6 Å². The second kappa shape index (κ2) is 6.16. The topological polar surface area (TPSA) is 84.1 Å². The number of hydrogen-bond acceptors (Lipinski definition) is 5. The van der Waals surface area contributed by atoms with E-state index in [2.05, 4.69) is 27.4 Å². The fourth-order valence-electron chi connectivity index (χ4n) is 5.14. The highest BCUT2D eigenvalue weighted by Gasteiger charge is 2.49. The van der Waals surface area contributed by atoms with Crippen molar-refractivity contribution in [1.29, 1.82) is 0 Å². The number of carbonyl (C=O) groups is 1. The monoisotopic (exact) mass is 395 g/mol. The van der Waals surface area contributed by atoms with Gasteiger partial charge in [-0.05, 0) is 37.1 Å². The third-order valence-electron chi connectivity index (χ3n) is 6.37. The number of fused-ring (bicyclic) bond motifs is 5. The fourth-order valence-corrected chi connectivity index (χ4v) is 5.14. The van der Waals surface area contributed by atoms with Crippen molar-refractivity contribution >= 4 is 16.8 Å². The van der Waals surface area contributed by atoms with Crippen LogP contribution in [0.3, 0.4) is 0 Å². The first-order valence-corrected chi connectivity index (χ1v) is 10.2. The number of allylic oxidation sites excluding steroid dienone is 1. The molecule has 148 valence electrons. The molecule has 6 heteroatoms.